The van der Waals surface area contributed by atoms with Crippen LogP contribution in [0.1, 0.15) is 20.8 Å². The van der Waals surface area contributed by atoms with Crippen LogP contribution in [0.25, 0.3) is 0 Å². The zero-order valence-electron chi connectivity index (χ0n) is 8.50. The number of nitrogens with zero attached hydrogens (tertiary/aromatic N) is 3. The molecule has 0 unspecified atom stereocenters. The second-order valence-electron chi connectivity index (χ2n) is 3.08. The number of nitrogens with one attached hydrogen (secondary N) is 2. The molecule has 1 aromatic heterocycles. The number of anilines is 2. The van der Waals surface area contributed by atoms with Gasteiger partial charge in [0, 0.05) is 12.6 Å². The maximum Gasteiger partial charge on any atom is 0.228 e. The smallest absolute Gasteiger partial charge is 0.228 e. The van der Waals surface area contributed by atoms with Crippen molar-refractivity contribution in [2.45, 2.75) is 26.8 Å². The molecule has 5 nitrogen and oxygen atoms in total. The molecule has 0 aliphatic rings. The van der Waals surface area contributed by atoms with Gasteiger partial charge in [-0.2, -0.15) is 15.0 Å². The standard InChI is InChI=1S/C8H14BrN5/c1-4-10-7-12-6(9)13-8(14-7)11-5(2)3/h5H,4H2,1-3H3,(H2,10,11,12,13,14). The molecule has 1 rings (SSSR count). The fourth-order valence-corrected chi connectivity index (χ4v) is 1.25. The van der Waals surface area contributed by atoms with Crippen LogP contribution in [0, 0.1) is 0 Å². The molecule has 0 aliphatic carbocycles. The summed E-state index contributed by atoms with van der Waals surface area (Å²) >= 11 is 3.23. The van der Waals surface area contributed by atoms with E-state index in [1.807, 2.05) is 20.8 Å². The molecule has 0 fully saturated rings. The summed E-state index contributed by atoms with van der Waals surface area (Å²) in [7, 11) is 0. The van der Waals surface area contributed by atoms with Crippen LogP contribution in [0.15, 0.2) is 4.73 Å². The molecule has 6 heteroatoms. The molecule has 0 spiro atoms. The Bertz CT molecular complexity index is 302. The van der Waals surface area contributed by atoms with Crippen LogP contribution >= 0.6 is 15.9 Å². The molecule has 78 valence electrons. The largest absolute Gasteiger partial charge is 0.354 e. The van der Waals surface area contributed by atoms with Crippen molar-refractivity contribution in [3.8, 4) is 0 Å². The lowest BCUT2D eigenvalue weighted by molar-refractivity contribution is 0.861. The van der Waals surface area contributed by atoms with Gasteiger partial charge in [-0.3, -0.25) is 0 Å². The summed E-state index contributed by atoms with van der Waals surface area (Å²) in [6, 6.07) is 0.304. The lowest BCUT2D eigenvalue weighted by Crippen LogP contribution is -2.14. The molecule has 1 aromatic rings. The van der Waals surface area contributed by atoms with E-state index in [0.717, 1.165) is 6.54 Å². The summed E-state index contributed by atoms with van der Waals surface area (Å²) < 4.78 is 0.534. The second kappa shape index (κ2) is 5.09. The van der Waals surface area contributed by atoms with Gasteiger partial charge in [0.05, 0.1) is 0 Å². The Kier molecular flexibility index (Phi) is 4.06. The van der Waals surface area contributed by atoms with Gasteiger partial charge in [0.1, 0.15) is 0 Å². The van der Waals surface area contributed by atoms with Crippen molar-refractivity contribution >= 4 is 27.8 Å². The van der Waals surface area contributed by atoms with Gasteiger partial charge in [-0.15, -0.1) is 0 Å². The summed E-state index contributed by atoms with van der Waals surface area (Å²) in [5.41, 5.74) is 0. The summed E-state index contributed by atoms with van der Waals surface area (Å²) in [4.78, 5) is 12.4. The van der Waals surface area contributed by atoms with Gasteiger partial charge < -0.3 is 10.6 Å². The Morgan fingerprint density at radius 1 is 1.21 bits per heavy atom. The average Bonchev–Trinajstić information content (AvgIpc) is 2.01. The van der Waals surface area contributed by atoms with Crippen molar-refractivity contribution in [1.82, 2.24) is 15.0 Å². The molecule has 0 radical (unpaired) electrons. The molecular weight excluding hydrogens is 246 g/mol. The van der Waals surface area contributed by atoms with Crippen LogP contribution < -0.4 is 10.6 Å². The summed E-state index contributed by atoms with van der Waals surface area (Å²) in [5.74, 6) is 1.16. The summed E-state index contributed by atoms with van der Waals surface area (Å²) in [6.07, 6.45) is 0. The van der Waals surface area contributed by atoms with Crippen LogP contribution in [0.5, 0.6) is 0 Å². The van der Waals surface area contributed by atoms with E-state index >= 15 is 0 Å². The third-order valence-electron chi connectivity index (χ3n) is 1.36. The maximum absolute atomic E-state index is 4.19. The van der Waals surface area contributed by atoms with Crippen molar-refractivity contribution < 1.29 is 0 Å². The third kappa shape index (κ3) is 3.45. The zero-order valence-corrected chi connectivity index (χ0v) is 10.1. The molecule has 0 atom stereocenters. The van der Waals surface area contributed by atoms with Gasteiger partial charge in [0.25, 0.3) is 0 Å². The van der Waals surface area contributed by atoms with Gasteiger partial charge in [-0.05, 0) is 36.7 Å². The van der Waals surface area contributed by atoms with Crippen LogP contribution in [-0.4, -0.2) is 27.5 Å². The summed E-state index contributed by atoms with van der Waals surface area (Å²) in [6.45, 7) is 6.85. The Labute approximate surface area is 91.9 Å². The van der Waals surface area contributed by atoms with E-state index in [1.165, 1.54) is 0 Å². The molecule has 0 aromatic carbocycles. The maximum atomic E-state index is 4.19. The first-order valence-corrected chi connectivity index (χ1v) is 5.33. The minimum Gasteiger partial charge on any atom is -0.354 e. The first-order valence-electron chi connectivity index (χ1n) is 4.53. The van der Waals surface area contributed by atoms with Crippen LogP contribution in [-0.2, 0) is 0 Å². The number of hydrogen-bond donors (Lipinski definition) is 2. The molecule has 2 N–H and O–H groups in total. The fraction of sp³-hybridized carbons (Fsp3) is 0.625. The van der Waals surface area contributed by atoms with E-state index in [1.54, 1.807) is 0 Å². The highest BCUT2D eigenvalue weighted by Gasteiger charge is 2.04. The van der Waals surface area contributed by atoms with E-state index in [4.69, 9.17) is 0 Å². The molecule has 0 aliphatic heterocycles. The number of rotatable bonds is 4. The quantitative estimate of drug-likeness (QED) is 0.865. The highest BCUT2D eigenvalue weighted by molar-refractivity contribution is 9.10. The van der Waals surface area contributed by atoms with Gasteiger partial charge in [-0.25, -0.2) is 0 Å². The van der Waals surface area contributed by atoms with Crippen LogP contribution in [0.2, 0.25) is 0 Å². The van der Waals surface area contributed by atoms with E-state index in [0.29, 0.717) is 22.7 Å². The van der Waals surface area contributed by atoms with E-state index in [9.17, 15) is 0 Å². The van der Waals surface area contributed by atoms with E-state index in [-0.39, 0.29) is 0 Å². The van der Waals surface area contributed by atoms with E-state index < -0.39 is 0 Å². The minimum absolute atomic E-state index is 0.304. The van der Waals surface area contributed by atoms with Crippen molar-refractivity contribution in [2.75, 3.05) is 17.2 Å². The number of aromatic nitrogens is 3. The Morgan fingerprint density at radius 2 is 1.86 bits per heavy atom. The molecule has 0 saturated carbocycles. The second-order valence-corrected chi connectivity index (χ2v) is 3.79. The molecule has 0 amide bonds. The minimum atomic E-state index is 0.304. The lowest BCUT2D eigenvalue weighted by Gasteiger charge is -2.09. The first kappa shape index (κ1) is 11.2. The van der Waals surface area contributed by atoms with Crippen molar-refractivity contribution in [3.63, 3.8) is 0 Å². The van der Waals surface area contributed by atoms with Crippen LogP contribution in [0.4, 0.5) is 11.9 Å². The molecule has 1 heterocycles. The van der Waals surface area contributed by atoms with Gasteiger partial charge in [-0.1, -0.05) is 0 Å². The van der Waals surface area contributed by atoms with Gasteiger partial charge in [0.15, 0.2) is 0 Å². The molecule has 14 heavy (non-hydrogen) atoms. The van der Waals surface area contributed by atoms with Crippen molar-refractivity contribution in [1.29, 1.82) is 0 Å². The number of halogens is 1. The van der Waals surface area contributed by atoms with Crippen molar-refractivity contribution in [2.24, 2.45) is 0 Å². The average molecular weight is 260 g/mol. The zero-order chi connectivity index (χ0) is 10.6. The predicted molar refractivity (Wildman–Crippen MR) is 60.4 cm³/mol. The lowest BCUT2D eigenvalue weighted by atomic mass is 10.4. The highest BCUT2D eigenvalue weighted by Crippen LogP contribution is 2.10. The SMILES string of the molecule is CCNc1nc(Br)nc(NC(C)C)n1. The van der Waals surface area contributed by atoms with Gasteiger partial charge >= 0.3 is 0 Å². The van der Waals surface area contributed by atoms with Gasteiger partial charge in [0.2, 0.25) is 16.6 Å². The van der Waals surface area contributed by atoms with Crippen LogP contribution in [0.3, 0.4) is 0 Å². The fourth-order valence-electron chi connectivity index (χ4n) is 0.910. The highest BCUT2D eigenvalue weighted by atomic mass is 79.9. The first-order chi connectivity index (χ1) is 6.61. The molecule has 0 saturated heterocycles. The predicted octanol–water partition coefficient (Wildman–Crippen LogP) is 1.89. The Morgan fingerprint density at radius 3 is 2.43 bits per heavy atom. The molecular formula is C8H14BrN5. The monoisotopic (exact) mass is 259 g/mol. The van der Waals surface area contributed by atoms with E-state index in [2.05, 4.69) is 41.5 Å². The Balaban J connectivity index is 2.83. The normalized spacial score (nSPS) is 10.4. The Hall–Kier alpha value is -0.910. The van der Waals surface area contributed by atoms with Crippen molar-refractivity contribution in [3.05, 3.63) is 4.73 Å². The number of hydrogen-bond acceptors (Lipinski definition) is 5. The topological polar surface area (TPSA) is 62.7 Å². The summed E-state index contributed by atoms with van der Waals surface area (Å²) in [5, 5.41) is 6.14. The molecule has 0 bridgehead atoms. The third-order valence-corrected chi connectivity index (χ3v) is 1.72.